The van der Waals surface area contributed by atoms with Crippen LogP contribution in [-0.2, 0) is 4.79 Å². The Balaban J connectivity index is 1.52. The predicted molar refractivity (Wildman–Crippen MR) is 70.2 cm³/mol. The zero-order chi connectivity index (χ0) is 12.1. The molecular weight excluding hydrogens is 224 g/mol. The summed E-state index contributed by atoms with van der Waals surface area (Å²) in [7, 11) is 0. The van der Waals surface area contributed by atoms with E-state index in [1.165, 1.54) is 44.9 Å². The molecule has 4 aliphatic heterocycles. The number of piperidine rings is 4. The number of nitrogens with zero attached hydrogens (tertiary/aromatic N) is 1. The van der Waals surface area contributed by atoms with Crippen molar-refractivity contribution in [3.8, 4) is 0 Å². The molecule has 5 rings (SSSR count). The molecule has 18 heavy (non-hydrogen) atoms. The lowest BCUT2D eigenvalue weighted by molar-refractivity contribution is -0.151. The third-order valence-electron chi connectivity index (χ3n) is 5.69. The summed E-state index contributed by atoms with van der Waals surface area (Å²) in [5, 5.41) is 3.71. The summed E-state index contributed by atoms with van der Waals surface area (Å²) < 4.78 is 0. The van der Waals surface area contributed by atoms with Crippen LogP contribution in [-0.4, -0.2) is 35.0 Å². The van der Waals surface area contributed by atoms with Crippen molar-refractivity contribution in [2.24, 2.45) is 5.92 Å². The van der Waals surface area contributed by atoms with Crippen LogP contribution in [0.2, 0.25) is 0 Å². The predicted octanol–water partition coefficient (Wildman–Crippen LogP) is 2.06. The molecule has 1 amide bonds. The maximum Gasteiger partial charge on any atom is 0.226 e. The molecular formula is C15H24N2O. The molecule has 0 unspecified atom stereocenters. The first-order valence-corrected chi connectivity index (χ1v) is 7.89. The second-order valence-corrected chi connectivity index (χ2v) is 6.89. The summed E-state index contributed by atoms with van der Waals surface area (Å²) in [6, 6.07) is 2.57. The van der Waals surface area contributed by atoms with E-state index in [0.717, 1.165) is 12.8 Å². The van der Waals surface area contributed by atoms with Gasteiger partial charge < -0.3 is 10.2 Å². The standard InChI is InChI=1S/C15H24N2O/c18-15(10-4-2-1-3-5-10)17-13-6-11-7-14(17)9-12(8-13)16-11/h10-14,16H,1-9H2. The lowest BCUT2D eigenvalue weighted by atomic mass is 9.73. The molecule has 5 fully saturated rings. The van der Waals surface area contributed by atoms with Crippen LogP contribution in [0.15, 0.2) is 0 Å². The molecule has 1 N–H and O–H groups in total. The molecule has 0 spiro atoms. The average Bonchev–Trinajstić information content (AvgIpc) is 2.38. The van der Waals surface area contributed by atoms with E-state index in [9.17, 15) is 4.79 Å². The summed E-state index contributed by atoms with van der Waals surface area (Å²) in [5.74, 6) is 0.882. The van der Waals surface area contributed by atoms with Gasteiger partial charge in [-0.15, -0.1) is 0 Å². The van der Waals surface area contributed by atoms with Crippen LogP contribution in [0.1, 0.15) is 57.8 Å². The van der Waals surface area contributed by atoms with Gasteiger partial charge in [-0.05, 0) is 38.5 Å². The second kappa shape index (κ2) is 4.22. The van der Waals surface area contributed by atoms with Crippen LogP contribution in [0, 0.1) is 5.92 Å². The van der Waals surface area contributed by atoms with Crippen LogP contribution in [0.4, 0.5) is 0 Å². The van der Waals surface area contributed by atoms with E-state index < -0.39 is 0 Å². The minimum Gasteiger partial charge on any atom is -0.336 e. The van der Waals surface area contributed by atoms with Crippen LogP contribution < -0.4 is 5.32 Å². The van der Waals surface area contributed by atoms with E-state index in [4.69, 9.17) is 0 Å². The third kappa shape index (κ3) is 1.70. The molecule has 4 bridgehead atoms. The van der Waals surface area contributed by atoms with E-state index in [-0.39, 0.29) is 0 Å². The maximum absolute atomic E-state index is 12.8. The van der Waals surface area contributed by atoms with Crippen LogP contribution >= 0.6 is 0 Å². The Morgan fingerprint density at radius 2 is 1.44 bits per heavy atom. The number of rotatable bonds is 1. The smallest absolute Gasteiger partial charge is 0.226 e. The van der Waals surface area contributed by atoms with E-state index in [1.807, 2.05) is 0 Å². The second-order valence-electron chi connectivity index (χ2n) is 6.89. The van der Waals surface area contributed by atoms with Crippen molar-refractivity contribution in [3.05, 3.63) is 0 Å². The summed E-state index contributed by atoms with van der Waals surface area (Å²) in [4.78, 5) is 15.1. The highest BCUT2D eigenvalue weighted by atomic mass is 16.2. The molecule has 0 aromatic carbocycles. The molecule has 5 aliphatic rings. The van der Waals surface area contributed by atoms with Crippen LogP contribution in [0.5, 0.6) is 0 Å². The number of carbonyl (C=O) groups excluding carboxylic acids is 1. The van der Waals surface area contributed by atoms with Gasteiger partial charge in [0.25, 0.3) is 0 Å². The fourth-order valence-corrected chi connectivity index (χ4v) is 4.98. The minimum absolute atomic E-state index is 0.365. The lowest BCUT2D eigenvalue weighted by Crippen LogP contribution is -2.69. The molecule has 4 saturated heterocycles. The first-order valence-electron chi connectivity index (χ1n) is 7.89. The fraction of sp³-hybridized carbons (Fsp3) is 0.933. The SMILES string of the molecule is O=C(C1CCCCC1)N1C2CC3CC1CC(C2)N3. The highest BCUT2D eigenvalue weighted by Gasteiger charge is 2.49. The van der Waals surface area contributed by atoms with Gasteiger partial charge in [0.2, 0.25) is 5.91 Å². The lowest BCUT2D eigenvalue weighted by Gasteiger charge is -2.57. The van der Waals surface area contributed by atoms with Gasteiger partial charge in [-0.3, -0.25) is 4.79 Å². The molecule has 4 heterocycles. The van der Waals surface area contributed by atoms with E-state index >= 15 is 0 Å². The zero-order valence-corrected chi connectivity index (χ0v) is 11.1. The number of amides is 1. The van der Waals surface area contributed by atoms with Crippen molar-refractivity contribution < 1.29 is 4.79 Å². The quantitative estimate of drug-likeness (QED) is 0.770. The first-order chi connectivity index (χ1) is 8.81. The Kier molecular flexibility index (Phi) is 2.65. The molecule has 1 aliphatic carbocycles. The van der Waals surface area contributed by atoms with Crippen molar-refractivity contribution >= 4 is 5.91 Å². The number of hydrogen-bond acceptors (Lipinski definition) is 2. The van der Waals surface area contributed by atoms with E-state index in [2.05, 4.69) is 10.2 Å². The van der Waals surface area contributed by atoms with Crippen LogP contribution in [0.3, 0.4) is 0 Å². The summed E-state index contributed by atoms with van der Waals surface area (Å²) in [6.45, 7) is 0. The number of hydrogen-bond donors (Lipinski definition) is 1. The molecule has 3 nitrogen and oxygen atoms in total. The van der Waals surface area contributed by atoms with Crippen molar-refractivity contribution in [2.75, 3.05) is 0 Å². The molecule has 1 saturated carbocycles. The van der Waals surface area contributed by atoms with E-state index in [0.29, 0.717) is 36.0 Å². The molecule has 3 heteroatoms. The van der Waals surface area contributed by atoms with Crippen LogP contribution in [0.25, 0.3) is 0 Å². The summed E-state index contributed by atoms with van der Waals surface area (Å²) in [6.07, 6.45) is 11.0. The first kappa shape index (κ1) is 11.3. The minimum atomic E-state index is 0.365. The number of carbonyl (C=O) groups is 1. The fourth-order valence-electron chi connectivity index (χ4n) is 4.98. The highest BCUT2D eigenvalue weighted by molar-refractivity contribution is 5.80. The van der Waals surface area contributed by atoms with Crippen molar-refractivity contribution in [1.82, 2.24) is 10.2 Å². The van der Waals surface area contributed by atoms with Crippen molar-refractivity contribution in [2.45, 2.75) is 82.0 Å². The normalized spacial score (nSPS) is 43.4. The summed E-state index contributed by atoms with van der Waals surface area (Å²) in [5.41, 5.74) is 0. The Morgan fingerprint density at radius 1 is 0.889 bits per heavy atom. The zero-order valence-electron chi connectivity index (χ0n) is 11.1. The van der Waals surface area contributed by atoms with Gasteiger partial charge in [0.15, 0.2) is 0 Å². The molecule has 100 valence electrons. The molecule has 0 atom stereocenters. The third-order valence-corrected chi connectivity index (χ3v) is 5.69. The Morgan fingerprint density at radius 3 is 2.00 bits per heavy atom. The average molecular weight is 248 g/mol. The van der Waals surface area contributed by atoms with Crippen molar-refractivity contribution in [1.29, 1.82) is 0 Å². The highest BCUT2D eigenvalue weighted by Crippen LogP contribution is 2.41. The molecule has 0 aromatic heterocycles. The van der Waals surface area contributed by atoms with Gasteiger partial charge in [-0.1, -0.05) is 19.3 Å². The Bertz CT molecular complexity index is 320. The van der Waals surface area contributed by atoms with E-state index in [1.54, 1.807) is 0 Å². The number of nitrogens with one attached hydrogen (secondary N) is 1. The van der Waals surface area contributed by atoms with Gasteiger partial charge >= 0.3 is 0 Å². The Labute approximate surface area is 109 Å². The van der Waals surface area contributed by atoms with Gasteiger partial charge in [0.05, 0.1) is 0 Å². The van der Waals surface area contributed by atoms with Crippen molar-refractivity contribution in [3.63, 3.8) is 0 Å². The molecule has 0 radical (unpaired) electrons. The van der Waals surface area contributed by atoms with Gasteiger partial charge in [0, 0.05) is 30.1 Å². The van der Waals surface area contributed by atoms with Gasteiger partial charge in [-0.25, -0.2) is 0 Å². The van der Waals surface area contributed by atoms with Gasteiger partial charge in [0.1, 0.15) is 0 Å². The topological polar surface area (TPSA) is 32.3 Å². The monoisotopic (exact) mass is 248 g/mol. The van der Waals surface area contributed by atoms with Gasteiger partial charge in [-0.2, -0.15) is 0 Å². The Hall–Kier alpha value is -0.570. The molecule has 0 aromatic rings. The maximum atomic E-state index is 12.8. The summed E-state index contributed by atoms with van der Waals surface area (Å²) >= 11 is 0. The largest absolute Gasteiger partial charge is 0.336 e.